The number of hydrogen-bond acceptors (Lipinski definition) is 4. The average Bonchev–Trinajstić information content (AvgIpc) is 2.51. The van der Waals surface area contributed by atoms with Gasteiger partial charge in [-0.05, 0) is 17.7 Å². The van der Waals surface area contributed by atoms with Gasteiger partial charge in [-0.1, -0.05) is 24.6 Å². The first-order valence-electron chi connectivity index (χ1n) is 7.00. The van der Waals surface area contributed by atoms with Crippen molar-refractivity contribution in [1.82, 2.24) is 5.32 Å². The van der Waals surface area contributed by atoms with Crippen molar-refractivity contribution in [3.63, 3.8) is 0 Å². The highest BCUT2D eigenvalue weighted by Crippen LogP contribution is 2.29. The fourth-order valence-corrected chi connectivity index (χ4v) is 2.21. The van der Waals surface area contributed by atoms with Crippen LogP contribution in [0.15, 0.2) is 18.2 Å². The summed E-state index contributed by atoms with van der Waals surface area (Å²) in [4.78, 5) is 34.2. The molecule has 6 nitrogen and oxygen atoms in total. The molecule has 0 spiro atoms. The Kier molecular flexibility index (Phi) is 6.80. The van der Waals surface area contributed by atoms with E-state index in [2.05, 4.69) is 10.1 Å². The van der Waals surface area contributed by atoms with Crippen LogP contribution in [0.2, 0.25) is 5.02 Å². The lowest BCUT2D eigenvalue weighted by Crippen LogP contribution is -2.49. The summed E-state index contributed by atoms with van der Waals surface area (Å²) in [5, 5.41) is 4.29. The predicted octanol–water partition coefficient (Wildman–Crippen LogP) is 2.62. The van der Waals surface area contributed by atoms with Gasteiger partial charge in [0.15, 0.2) is 0 Å². The summed E-state index contributed by atoms with van der Waals surface area (Å²) in [6.07, 6.45) is -5.15. The fourth-order valence-electron chi connectivity index (χ4n) is 2.04. The van der Waals surface area contributed by atoms with Crippen molar-refractivity contribution in [2.75, 3.05) is 12.4 Å². The molecule has 0 bridgehead atoms. The van der Waals surface area contributed by atoms with E-state index >= 15 is 0 Å². The maximum Gasteiger partial charge on any atom is 0.471 e. The fraction of sp³-hybridized carbons (Fsp3) is 0.400. The Hall–Kier alpha value is -2.29. The van der Waals surface area contributed by atoms with Crippen LogP contribution in [0, 0.1) is 0 Å². The van der Waals surface area contributed by atoms with Crippen molar-refractivity contribution in [2.45, 2.75) is 32.0 Å². The number of methoxy groups -OCH3 is 1. The summed E-state index contributed by atoms with van der Waals surface area (Å²) >= 11 is 5.93. The van der Waals surface area contributed by atoms with E-state index in [0.717, 1.165) is 7.11 Å². The maximum absolute atomic E-state index is 12.5. The van der Waals surface area contributed by atoms with E-state index in [9.17, 15) is 27.6 Å². The summed E-state index contributed by atoms with van der Waals surface area (Å²) in [5.41, 5.74) is 0.593. The van der Waals surface area contributed by atoms with Gasteiger partial charge in [0.2, 0.25) is 5.91 Å². The number of alkyl halides is 3. The summed E-state index contributed by atoms with van der Waals surface area (Å²) in [5.74, 6) is -4.59. The zero-order chi connectivity index (χ0) is 19.4. The minimum atomic E-state index is -5.15. The van der Waals surface area contributed by atoms with Crippen molar-refractivity contribution in [1.29, 1.82) is 0 Å². The molecule has 1 rings (SSSR count). The Morgan fingerprint density at radius 1 is 1.24 bits per heavy atom. The zero-order valence-electron chi connectivity index (χ0n) is 13.5. The molecule has 138 valence electrons. The summed E-state index contributed by atoms with van der Waals surface area (Å²) < 4.78 is 41.9. The van der Waals surface area contributed by atoms with Crippen molar-refractivity contribution in [2.24, 2.45) is 0 Å². The molecule has 1 aromatic rings. The first-order chi connectivity index (χ1) is 11.5. The number of carbonyl (C=O) groups excluding carboxylic acids is 3. The predicted molar refractivity (Wildman–Crippen MR) is 84.2 cm³/mol. The van der Waals surface area contributed by atoms with Gasteiger partial charge in [-0.25, -0.2) is 4.79 Å². The lowest BCUT2D eigenvalue weighted by Gasteiger charge is -2.24. The van der Waals surface area contributed by atoms with E-state index in [1.807, 2.05) is 0 Å². The third-order valence-electron chi connectivity index (χ3n) is 3.33. The molecule has 1 unspecified atom stereocenters. The van der Waals surface area contributed by atoms with Gasteiger partial charge >= 0.3 is 18.1 Å². The van der Waals surface area contributed by atoms with E-state index < -0.39 is 35.9 Å². The van der Waals surface area contributed by atoms with Gasteiger partial charge < -0.3 is 15.4 Å². The number of esters is 1. The third-order valence-corrected chi connectivity index (χ3v) is 3.66. The van der Waals surface area contributed by atoms with Gasteiger partial charge in [-0.15, -0.1) is 0 Å². The van der Waals surface area contributed by atoms with Gasteiger partial charge in [0.05, 0.1) is 17.8 Å². The molecule has 0 aromatic heterocycles. The third kappa shape index (κ3) is 5.63. The normalized spacial score (nSPS) is 13.6. The second-order valence-corrected chi connectivity index (χ2v) is 5.59. The first-order valence-corrected chi connectivity index (χ1v) is 7.37. The Bertz CT molecular complexity index is 679. The molecule has 0 heterocycles. The number of ether oxygens (including phenoxy) is 1. The molecule has 10 heteroatoms. The van der Waals surface area contributed by atoms with Gasteiger partial charge in [0.1, 0.15) is 6.04 Å². The summed E-state index contributed by atoms with van der Waals surface area (Å²) in [7, 11) is 0.992. The van der Waals surface area contributed by atoms with Crippen LogP contribution in [-0.4, -0.2) is 37.1 Å². The summed E-state index contributed by atoms with van der Waals surface area (Å²) in [6, 6.07) is 2.71. The highest BCUT2D eigenvalue weighted by molar-refractivity contribution is 6.33. The average molecular weight is 381 g/mol. The van der Waals surface area contributed by atoms with Crippen LogP contribution in [0.1, 0.15) is 25.3 Å². The topological polar surface area (TPSA) is 84.5 Å². The number of halogens is 4. The van der Waals surface area contributed by atoms with Gasteiger partial charge in [-0.3, -0.25) is 9.59 Å². The maximum atomic E-state index is 12.5. The molecule has 2 amide bonds. The largest absolute Gasteiger partial charge is 0.471 e. The quantitative estimate of drug-likeness (QED) is 0.769. The standard InChI is InChI=1S/C15H16ClF3N2O4/c1-7(9-4-5-10(16)11(6-9)20-8(2)22)12(13(23)25-3)21-14(24)15(17,18)19/h4-7,12H,1-3H3,(H,20,22)(H,21,24)/t7-,12?/m1/s1. The second kappa shape index (κ2) is 8.19. The van der Waals surface area contributed by atoms with Gasteiger partial charge in [-0.2, -0.15) is 13.2 Å². The first kappa shape index (κ1) is 20.8. The number of anilines is 1. The molecule has 2 N–H and O–H groups in total. The van der Waals surface area contributed by atoms with Crippen LogP contribution < -0.4 is 10.6 Å². The number of rotatable bonds is 5. The molecular formula is C15H16ClF3N2O4. The molecule has 0 radical (unpaired) electrons. The van der Waals surface area contributed by atoms with E-state index in [1.165, 1.54) is 32.0 Å². The number of amides is 2. The van der Waals surface area contributed by atoms with Crippen molar-refractivity contribution < 1.29 is 32.3 Å². The Labute approximate surface area is 146 Å². The van der Waals surface area contributed by atoms with Crippen LogP contribution in [-0.2, 0) is 19.1 Å². The number of benzene rings is 1. The van der Waals surface area contributed by atoms with E-state index in [1.54, 1.807) is 5.32 Å². The van der Waals surface area contributed by atoms with E-state index in [4.69, 9.17) is 11.6 Å². The number of hydrogen-bond donors (Lipinski definition) is 2. The molecular weight excluding hydrogens is 365 g/mol. The lowest BCUT2D eigenvalue weighted by molar-refractivity contribution is -0.176. The lowest BCUT2D eigenvalue weighted by atomic mass is 9.92. The van der Waals surface area contributed by atoms with Crippen molar-refractivity contribution in [3.8, 4) is 0 Å². The molecule has 0 saturated carbocycles. The summed E-state index contributed by atoms with van der Waals surface area (Å²) in [6.45, 7) is 2.69. The van der Waals surface area contributed by atoms with Crippen molar-refractivity contribution in [3.05, 3.63) is 28.8 Å². The minimum Gasteiger partial charge on any atom is -0.467 e. The molecule has 2 atom stereocenters. The van der Waals surface area contributed by atoms with Crippen molar-refractivity contribution >= 4 is 35.1 Å². The van der Waals surface area contributed by atoms with E-state index in [0.29, 0.717) is 5.56 Å². The molecule has 0 fully saturated rings. The zero-order valence-corrected chi connectivity index (χ0v) is 14.3. The van der Waals surface area contributed by atoms with E-state index in [-0.39, 0.29) is 10.7 Å². The molecule has 1 aromatic carbocycles. The van der Waals surface area contributed by atoms with Gasteiger partial charge in [0.25, 0.3) is 0 Å². The smallest absolute Gasteiger partial charge is 0.467 e. The van der Waals surface area contributed by atoms with Crippen LogP contribution in [0.25, 0.3) is 0 Å². The molecule has 0 aliphatic carbocycles. The molecule has 0 saturated heterocycles. The Morgan fingerprint density at radius 2 is 1.84 bits per heavy atom. The SMILES string of the molecule is COC(=O)C(NC(=O)C(F)(F)F)[C@H](C)c1ccc(Cl)c(NC(C)=O)c1. The molecule has 0 aliphatic rings. The number of nitrogens with one attached hydrogen (secondary N) is 2. The van der Waals surface area contributed by atoms with Gasteiger partial charge in [0, 0.05) is 12.8 Å². The molecule has 0 aliphatic heterocycles. The molecule has 25 heavy (non-hydrogen) atoms. The van der Waals surface area contributed by atoms with Crippen LogP contribution in [0.4, 0.5) is 18.9 Å². The van der Waals surface area contributed by atoms with Crippen LogP contribution in [0.3, 0.4) is 0 Å². The monoisotopic (exact) mass is 380 g/mol. The second-order valence-electron chi connectivity index (χ2n) is 5.18. The highest BCUT2D eigenvalue weighted by Gasteiger charge is 2.42. The van der Waals surface area contributed by atoms with Crippen LogP contribution >= 0.6 is 11.6 Å². The Balaban J connectivity index is 3.17. The van der Waals surface area contributed by atoms with Crippen LogP contribution in [0.5, 0.6) is 0 Å². The highest BCUT2D eigenvalue weighted by atomic mass is 35.5. The number of carbonyl (C=O) groups is 3. The minimum absolute atomic E-state index is 0.208. The Morgan fingerprint density at radius 3 is 2.32 bits per heavy atom.